The smallest absolute Gasteiger partial charge is 0.550 e. The Morgan fingerprint density at radius 2 is 0.677 bits per heavy atom. The fourth-order valence-electron chi connectivity index (χ4n) is 2.47. The van der Waals surface area contributed by atoms with Gasteiger partial charge in [-0.15, -0.1) is 0 Å². The van der Waals surface area contributed by atoms with E-state index in [9.17, 15) is 29.7 Å². The summed E-state index contributed by atoms with van der Waals surface area (Å²) in [4.78, 5) is 29.8. The maximum Gasteiger partial charge on any atom is 3.00 e. The summed E-state index contributed by atoms with van der Waals surface area (Å²) < 4.78 is 0. The maximum absolute atomic E-state index is 9.93. The summed E-state index contributed by atoms with van der Waals surface area (Å²) >= 11 is 0. The standard InChI is InChI=1S/3C8H16O2.Fe/c3*1-7(2)5-3-4-6-8(9)10;/h3*7H,3-6H2,1-2H3,(H,9,10);/q;;;+3/p-3. The second-order valence-electron chi connectivity index (χ2n) is 9.03. The maximum atomic E-state index is 9.93. The zero-order valence-corrected chi connectivity index (χ0v) is 21.6. The van der Waals surface area contributed by atoms with Crippen LogP contribution in [0, 0.1) is 17.8 Å². The van der Waals surface area contributed by atoms with E-state index in [2.05, 4.69) is 41.5 Å². The minimum Gasteiger partial charge on any atom is -0.550 e. The number of unbranched alkanes of at least 4 members (excludes halogenated alkanes) is 3. The monoisotopic (exact) mass is 485 g/mol. The molecule has 0 aliphatic heterocycles. The molecule has 0 N–H and O–H groups in total. The number of hydrogen-bond acceptors (Lipinski definition) is 6. The van der Waals surface area contributed by atoms with Gasteiger partial charge in [-0.2, -0.15) is 0 Å². The van der Waals surface area contributed by atoms with E-state index in [0.717, 1.165) is 57.8 Å². The third-order valence-electron chi connectivity index (χ3n) is 4.24. The van der Waals surface area contributed by atoms with Gasteiger partial charge in [-0.05, 0) is 56.3 Å². The number of carbonyl (C=O) groups excluding carboxylic acids is 3. The van der Waals surface area contributed by atoms with E-state index in [-0.39, 0.29) is 36.3 Å². The first-order valence-corrected chi connectivity index (χ1v) is 11.5. The molecule has 0 atom stereocenters. The van der Waals surface area contributed by atoms with Crippen LogP contribution < -0.4 is 15.3 Å². The molecule has 1 radical (unpaired) electrons. The molecular formula is C24H45FeO6. The molecule has 0 aromatic heterocycles. The van der Waals surface area contributed by atoms with Crippen molar-refractivity contribution in [2.45, 2.75) is 119 Å². The summed E-state index contributed by atoms with van der Waals surface area (Å²) in [5, 5.41) is 29.8. The molecule has 0 bridgehead atoms. The van der Waals surface area contributed by atoms with Gasteiger partial charge in [-0.25, -0.2) is 0 Å². The molecule has 0 aliphatic rings. The van der Waals surface area contributed by atoms with Crippen molar-refractivity contribution in [3.63, 3.8) is 0 Å². The van der Waals surface area contributed by atoms with Gasteiger partial charge in [0.2, 0.25) is 0 Å². The van der Waals surface area contributed by atoms with E-state index in [4.69, 9.17) is 0 Å². The molecule has 31 heavy (non-hydrogen) atoms. The Balaban J connectivity index is -0.000000174. The predicted octanol–water partition coefficient (Wildman–Crippen LogP) is 2.86. The van der Waals surface area contributed by atoms with Gasteiger partial charge >= 0.3 is 17.1 Å². The van der Waals surface area contributed by atoms with Crippen molar-refractivity contribution in [1.82, 2.24) is 0 Å². The fourth-order valence-corrected chi connectivity index (χ4v) is 2.47. The second kappa shape index (κ2) is 27.0. The Kier molecular flexibility index (Phi) is 32.4. The third-order valence-corrected chi connectivity index (χ3v) is 4.24. The summed E-state index contributed by atoms with van der Waals surface area (Å²) in [5.74, 6) is -0.735. The summed E-state index contributed by atoms with van der Waals surface area (Å²) in [5.41, 5.74) is 0. The summed E-state index contributed by atoms with van der Waals surface area (Å²) in [6.45, 7) is 12.8. The van der Waals surface area contributed by atoms with Gasteiger partial charge in [-0.3, -0.25) is 0 Å². The van der Waals surface area contributed by atoms with E-state index in [0.29, 0.717) is 17.8 Å². The van der Waals surface area contributed by atoms with Crippen LogP contribution in [-0.2, 0) is 31.5 Å². The van der Waals surface area contributed by atoms with Crippen molar-refractivity contribution >= 4 is 17.9 Å². The Morgan fingerprint density at radius 1 is 0.484 bits per heavy atom. The average molecular weight is 485 g/mol. The van der Waals surface area contributed by atoms with E-state index in [1.807, 2.05) is 0 Å². The van der Waals surface area contributed by atoms with Crippen molar-refractivity contribution in [2.75, 3.05) is 0 Å². The topological polar surface area (TPSA) is 120 Å². The first-order valence-electron chi connectivity index (χ1n) is 11.5. The summed E-state index contributed by atoms with van der Waals surface area (Å²) in [7, 11) is 0. The van der Waals surface area contributed by atoms with Crippen molar-refractivity contribution in [3.05, 3.63) is 0 Å². The number of aliphatic carboxylic acids is 3. The fraction of sp³-hybridized carbons (Fsp3) is 0.875. The molecule has 0 unspecified atom stereocenters. The normalized spacial score (nSPS) is 9.97. The Hall–Kier alpha value is -1.07. The van der Waals surface area contributed by atoms with E-state index >= 15 is 0 Å². The van der Waals surface area contributed by atoms with Crippen LogP contribution in [0.5, 0.6) is 0 Å². The van der Waals surface area contributed by atoms with E-state index in [1.165, 1.54) is 0 Å². The number of rotatable bonds is 15. The Labute approximate surface area is 201 Å². The van der Waals surface area contributed by atoms with Crippen molar-refractivity contribution < 1.29 is 46.8 Å². The molecule has 0 amide bonds. The molecule has 0 aromatic carbocycles. The van der Waals surface area contributed by atoms with Crippen LogP contribution in [0.4, 0.5) is 0 Å². The molecule has 0 spiro atoms. The summed E-state index contributed by atoms with van der Waals surface area (Å²) in [6.07, 6.45) is 9.31. The van der Waals surface area contributed by atoms with Crippen LogP contribution in [0.2, 0.25) is 0 Å². The predicted molar refractivity (Wildman–Crippen MR) is 115 cm³/mol. The number of carbonyl (C=O) groups is 3. The van der Waals surface area contributed by atoms with Gasteiger partial charge in [0.05, 0.1) is 0 Å². The van der Waals surface area contributed by atoms with E-state index in [1.54, 1.807) is 0 Å². The van der Waals surface area contributed by atoms with E-state index < -0.39 is 17.9 Å². The van der Waals surface area contributed by atoms with Crippen LogP contribution in [0.1, 0.15) is 119 Å². The first kappa shape index (κ1) is 37.3. The minimum absolute atomic E-state index is 0. The molecule has 7 heteroatoms. The largest absolute Gasteiger partial charge is 3.00 e. The number of hydrogen-bond donors (Lipinski definition) is 0. The van der Waals surface area contributed by atoms with Crippen molar-refractivity contribution in [1.29, 1.82) is 0 Å². The number of carboxylic acids is 3. The van der Waals surface area contributed by atoms with Gasteiger partial charge in [0.15, 0.2) is 0 Å². The first-order chi connectivity index (χ1) is 13.9. The van der Waals surface area contributed by atoms with Gasteiger partial charge in [-0.1, -0.05) is 80.1 Å². The zero-order valence-electron chi connectivity index (χ0n) is 20.5. The SMILES string of the molecule is CC(C)CCCCC(=O)[O-].CC(C)CCCCC(=O)[O-].CC(C)CCCCC(=O)[O-].[Fe+3]. The van der Waals surface area contributed by atoms with Gasteiger partial charge < -0.3 is 29.7 Å². The van der Waals surface area contributed by atoms with Crippen LogP contribution in [0.15, 0.2) is 0 Å². The molecule has 0 aromatic rings. The minimum atomic E-state index is -0.927. The molecule has 0 fully saturated rings. The van der Waals surface area contributed by atoms with Crippen LogP contribution in [-0.4, -0.2) is 17.9 Å². The molecule has 0 aliphatic carbocycles. The van der Waals surface area contributed by atoms with Crippen molar-refractivity contribution in [2.24, 2.45) is 17.8 Å². The molecule has 0 saturated carbocycles. The van der Waals surface area contributed by atoms with Crippen LogP contribution in [0.25, 0.3) is 0 Å². The quantitative estimate of drug-likeness (QED) is 0.260. The number of carboxylic acid groups (broad SMARTS) is 3. The molecule has 6 nitrogen and oxygen atoms in total. The molecule has 0 heterocycles. The molecule has 185 valence electrons. The molecular weight excluding hydrogens is 440 g/mol. The van der Waals surface area contributed by atoms with Gasteiger partial charge in [0.1, 0.15) is 0 Å². The Bertz CT molecular complexity index is 360. The third kappa shape index (κ3) is 52.8. The van der Waals surface area contributed by atoms with Gasteiger partial charge in [0.25, 0.3) is 0 Å². The average Bonchev–Trinajstić information content (AvgIpc) is 2.60. The molecule has 0 saturated heterocycles. The second-order valence-corrected chi connectivity index (χ2v) is 9.03. The van der Waals surface area contributed by atoms with Crippen LogP contribution in [0.3, 0.4) is 0 Å². The van der Waals surface area contributed by atoms with Crippen molar-refractivity contribution in [3.8, 4) is 0 Å². The van der Waals surface area contributed by atoms with Crippen LogP contribution >= 0.6 is 0 Å². The zero-order chi connectivity index (χ0) is 23.9. The Morgan fingerprint density at radius 3 is 0.806 bits per heavy atom. The molecule has 0 rings (SSSR count). The van der Waals surface area contributed by atoms with Gasteiger partial charge in [0, 0.05) is 17.9 Å². The summed E-state index contributed by atoms with van der Waals surface area (Å²) in [6, 6.07) is 0.